The molecule has 3 rings (SSSR count). The first-order valence-corrected chi connectivity index (χ1v) is 7.59. The summed E-state index contributed by atoms with van der Waals surface area (Å²) in [7, 11) is 0. The van der Waals surface area contributed by atoms with Crippen LogP contribution in [0.4, 0.5) is 17.3 Å². The second kappa shape index (κ2) is 6.19. The standard InChI is InChI=1S/C16H13ClN8/c1-7-2-3-8(4-10(7)17)13-11-12(20)9(5-18)14(21)24-15(11)25-16(23-13)22-6-19/h2-4,13H,1H3,(H6,20,21,22,23,24,25). The Labute approximate surface area is 148 Å². The van der Waals surface area contributed by atoms with Crippen molar-refractivity contribution >= 4 is 34.9 Å². The van der Waals surface area contributed by atoms with Crippen LogP contribution in [0.5, 0.6) is 0 Å². The second-order valence-electron chi connectivity index (χ2n) is 5.41. The van der Waals surface area contributed by atoms with Crippen LogP contribution >= 0.6 is 11.6 Å². The number of benzene rings is 1. The summed E-state index contributed by atoms with van der Waals surface area (Å²) in [6.07, 6.45) is 1.80. The molecule has 1 atom stereocenters. The average Bonchev–Trinajstić information content (AvgIpc) is 2.57. The van der Waals surface area contributed by atoms with Gasteiger partial charge in [-0.05, 0) is 24.1 Å². The van der Waals surface area contributed by atoms with Crippen LogP contribution in [0.3, 0.4) is 0 Å². The van der Waals surface area contributed by atoms with Crippen molar-refractivity contribution in [1.82, 2.24) is 10.3 Å². The number of nitriles is 2. The number of aryl methyl sites for hydroxylation is 1. The number of hydrogen-bond donors (Lipinski definition) is 4. The molecule has 124 valence electrons. The summed E-state index contributed by atoms with van der Waals surface area (Å²) in [6.45, 7) is 1.89. The zero-order chi connectivity index (χ0) is 18.1. The predicted octanol–water partition coefficient (Wildman–Crippen LogP) is 2.02. The van der Waals surface area contributed by atoms with Gasteiger partial charge in [0.05, 0.1) is 5.69 Å². The summed E-state index contributed by atoms with van der Waals surface area (Å²) in [5.74, 6) is 0.543. The van der Waals surface area contributed by atoms with E-state index >= 15 is 0 Å². The van der Waals surface area contributed by atoms with E-state index in [4.69, 9.17) is 28.3 Å². The van der Waals surface area contributed by atoms with Crippen LogP contribution in [-0.4, -0.2) is 10.9 Å². The van der Waals surface area contributed by atoms with Crippen LogP contribution in [-0.2, 0) is 0 Å². The average molecular weight is 353 g/mol. The Bertz CT molecular complexity index is 983. The molecule has 1 aromatic carbocycles. The number of anilines is 3. The number of nitrogens with two attached hydrogens (primary N) is 2. The molecule has 2 heterocycles. The summed E-state index contributed by atoms with van der Waals surface area (Å²) in [6, 6.07) is 6.85. The Morgan fingerprint density at radius 2 is 2.08 bits per heavy atom. The number of aromatic nitrogens is 1. The van der Waals surface area contributed by atoms with Crippen molar-refractivity contribution in [2.24, 2.45) is 4.99 Å². The SMILES string of the molecule is Cc1ccc(C2N=C(NC#N)Nc3nc(N)c(C#N)c(N)c32)cc1Cl. The predicted molar refractivity (Wildman–Crippen MR) is 95.6 cm³/mol. The molecule has 0 saturated heterocycles. The van der Waals surface area contributed by atoms with Crippen LogP contribution in [0.1, 0.15) is 28.3 Å². The largest absolute Gasteiger partial charge is 0.397 e. The van der Waals surface area contributed by atoms with Crippen molar-refractivity contribution in [1.29, 1.82) is 10.5 Å². The van der Waals surface area contributed by atoms with E-state index in [1.54, 1.807) is 12.3 Å². The quantitative estimate of drug-likeness (QED) is 0.453. The van der Waals surface area contributed by atoms with Gasteiger partial charge >= 0.3 is 0 Å². The summed E-state index contributed by atoms with van der Waals surface area (Å²) in [4.78, 5) is 8.66. The van der Waals surface area contributed by atoms with E-state index in [-0.39, 0.29) is 23.0 Å². The Morgan fingerprint density at radius 1 is 1.32 bits per heavy atom. The highest BCUT2D eigenvalue weighted by atomic mass is 35.5. The second-order valence-corrected chi connectivity index (χ2v) is 5.82. The van der Waals surface area contributed by atoms with Gasteiger partial charge in [0.25, 0.3) is 0 Å². The Hall–Kier alpha value is -3.49. The Balaban J connectivity index is 2.25. The fourth-order valence-electron chi connectivity index (χ4n) is 2.60. The van der Waals surface area contributed by atoms with Gasteiger partial charge in [0.2, 0.25) is 5.96 Å². The molecular weight excluding hydrogens is 340 g/mol. The van der Waals surface area contributed by atoms with Crippen LogP contribution in [0, 0.1) is 29.7 Å². The van der Waals surface area contributed by atoms with E-state index in [2.05, 4.69) is 20.6 Å². The van der Waals surface area contributed by atoms with Gasteiger partial charge in [0.15, 0.2) is 6.19 Å². The van der Waals surface area contributed by atoms with Crippen molar-refractivity contribution in [2.45, 2.75) is 13.0 Å². The van der Waals surface area contributed by atoms with Crippen molar-refractivity contribution in [3.05, 3.63) is 45.5 Å². The number of hydrogen-bond acceptors (Lipinski definition) is 8. The number of aliphatic imine (C=N–C) groups is 1. The lowest BCUT2D eigenvalue weighted by Gasteiger charge is -2.26. The normalized spacial score (nSPS) is 15.2. The monoisotopic (exact) mass is 352 g/mol. The number of pyridine rings is 1. The third-order valence-corrected chi connectivity index (χ3v) is 4.28. The van der Waals surface area contributed by atoms with Crippen LogP contribution < -0.4 is 22.1 Å². The molecule has 0 spiro atoms. The molecule has 9 heteroatoms. The van der Waals surface area contributed by atoms with Gasteiger partial charge < -0.3 is 16.8 Å². The van der Waals surface area contributed by atoms with E-state index in [1.807, 2.05) is 25.1 Å². The van der Waals surface area contributed by atoms with Gasteiger partial charge in [-0.3, -0.25) is 5.32 Å². The van der Waals surface area contributed by atoms with Crippen molar-refractivity contribution < 1.29 is 0 Å². The fraction of sp³-hybridized carbons (Fsp3) is 0.125. The highest BCUT2D eigenvalue weighted by Gasteiger charge is 2.29. The molecule has 2 aromatic rings. The number of fused-ring (bicyclic) bond motifs is 1. The van der Waals surface area contributed by atoms with Gasteiger partial charge in [-0.1, -0.05) is 23.7 Å². The van der Waals surface area contributed by atoms with E-state index in [1.165, 1.54) is 0 Å². The highest BCUT2D eigenvalue weighted by molar-refractivity contribution is 6.31. The fourth-order valence-corrected chi connectivity index (χ4v) is 2.79. The number of nitrogen functional groups attached to an aromatic ring is 2. The topological polar surface area (TPSA) is 149 Å². The first-order valence-electron chi connectivity index (χ1n) is 7.21. The maximum Gasteiger partial charge on any atom is 0.211 e. The molecule has 0 aliphatic carbocycles. The minimum atomic E-state index is -0.592. The van der Waals surface area contributed by atoms with Crippen molar-refractivity contribution in [2.75, 3.05) is 16.8 Å². The van der Waals surface area contributed by atoms with E-state index in [9.17, 15) is 5.26 Å². The highest BCUT2D eigenvalue weighted by Crippen LogP contribution is 2.41. The first kappa shape index (κ1) is 16.4. The number of rotatable bonds is 1. The molecule has 1 unspecified atom stereocenters. The molecule has 1 aliphatic heterocycles. The van der Waals surface area contributed by atoms with Gasteiger partial charge in [-0.15, -0.1) is 0 Å². The zero-order valence-electron chi connectivity index (χ0n) is 13.1. The Kier molecular flexibility index (Phi) is 4.05. The minimum Gasteiger partial charge on any atom is -0.397 e. The van der Waals surface area contributed by atoms with E-state index in [0.29, 0.717) is 16.4 Å². The van der Waals surface area contributed by atoms with E-state index in [0.717, 1.165) is 11.1 Å². The lowest BCUT2D eigenvalue weighted by molar-refractivity contribution is 0.846. The molecule has 0 radical (unpaired) electrons. The molecular formula is C16H13ClN8. The molecule has 1 aliphatic rings. The molecule has 0 fully saturated rings. The third kappa shape index (κ3) is 2.75. The summed E-state index contributed by atoms with van der Waals surface area (Å²) >= 11 is 6.23. The van der Waals surface area contributed by atoms with Crippen LogP contribution in [0.2, 0.25) is 5.02 Å². The van der Waals surface area contributed by atoms with Gasteiger partial charge in [-0.25, -0.2) is 9.98 Å². The molecule has 0 bridgehead atoms. The number of nitrogens with one attached hydrogen (secondary N) is 2. The Morgan fingerprint density at radius 3 is 2.72 bits per heavy atom. The molecule has 25 heavy (non-hydrogen) atoms. The smallest absolute Gasteiger partial charge is 0.211 e. The van der Waals surface area contributed by atoms with E-state index < -0.39 is 6.04 Å². The summed E-state index contributed by atoms with van der Waals surface area (Å²) in [5.41, 5.74) is 14.4. The minimum absolute atomic E-state index is 0.00476. The number of halogens is 1. The number of guanidine groups is 1. The van der Waals surface area contributed by atoms with Crippen molar-refractivity contribution in [3.8, 4) is 12.3 Å². The molecule has 0 amide bonds. The summed E-state index contributed by atoms with van der Waals surface area (Å²) < 4.78 is 0. The van der Waals surface area contributed by atoms with Gasteiger partial charge in [0.1, 0.15) is 29.3 Å². The maximum atomic E-state index is 9.29. The maximum absolute atomic E-state index is 9.29. The molecule has 8 nitrogen and oxygen atoms in total. The van der Waals surface area contributed by atoms with Gasteiger partial charge in [-0.2, -0.15) is 10.5 Å². The first-order chi connectivity index (χ1) is 12.0. The summed E-state index contributed by atoms with van der Waals surface area (Å²) in [5, 5.41) is 24.0. The van der Waals surface area contributed by atoms with Crippen LogP contribution in [0.15, 0.2) is 23.2 Å². The zero-order valence-corrected chi connectivity index (χ0v) is 13.9. The third-order valence-electron chi connectivity index (χ3n) is 3.87. The number of nitrogens with zero attached hydrogens (tertiary/aromatic N) is 4. The lowest BCUT2D eigenvalue weighted by Crippen LogP contribution is -2.32. The molecule has 6 N–H and O–H groups in total. The molecule has 1 aromatic heterocycles. The van der Waals surface area contributed by atoms with Crippen molar-refractivity contribution in [3.63, 3.8) is 0 Å². The van der Waals surface area contributed by atoms with Crippen LogP contribution in [0.25, 0.3) is 0 Å². The lowest BCUT2D eigenvalue weighted by atomic mass is 9.94. The van der Waals surface area contributed by atoms with Gasteiger partial charge in [0, 0.05) is 10.6 Å². The molecule has 0 saturated carbocycles.